The molecule has 3 rings (SSSR count). The van der Waals surface area contributed by atoms with Crippen LogP contribution in [0.2, 0.25) is 0 Å². The van der Waals surface area contributed by atoms with Crippen LogP contribution >= 0.6 is 0 Å². The highest BCUT2D eigenvalue weighted by molar-refractivity contribution is 5.45. The van der Waals surface area contributed by atoms with E-state index in [-0.39, 0.29) is 6.10 Å². The zero-order valence-electron chi connectivity index (χ0n) is 14.1. The van der Waals surface area contributed by atoms with E-state index in [0.29, 0.717) is 6.61 Å². The maximum atomic E-state index is 5.94. The maximum Gasteiger partial charge on any atom is 0.161 e. The first-order chi connectivity index (χ1) is 11.8. The summed E-state index contributed by atoms with van der Waals surface area (Å²) in [4.78, 5) is 0. The Morgan fingerprint density at radius 1 is 1.00 bits per heavy atom. The Labute approximate surface area is 142 Å². The summed E-state index contributed by atoms with van der Waals surface area (Å²) >= 11 is 0. The van der Waals surface area contributed by atoms with Crippen molar-refractivity contribution < 1.29 is 18.9 Å². The van der Waals surface area contributed by atoms with Crippen LogP contribution in [0, 0.1) is 0 Å². The van der Waals surface area contributed by atoms with E-state index in [2.05, 4.69) is 5.32 Å². The molecule has 0 aromatic heterocycles. The Morgan fingerprint density at radius 3 is 2.42 bits per heavy atom. The van der Waals surface area contributed by atoms with Gasteiger partial charge in [-0.05, 0) is 37.2 Å². The number of para-hydroxylation sites is 2. The van der Waals surface area contributed by atoms with E-state index in [9.17, 15) is 0 Å². The second kappa shape index (κ2) is 7.93. The molecule has 1 N–H and O–H groups in total. The van der Waals surface area contributed by atoms with E-state index in [4.69, 9.17) is 18.9 Å². The van der Waals surface area contributed by atoms with Gasteiger partial charge in [-0.3, -0.25) is 0 Å². The monoisotopic (exact) mass is 329 g/mol. The third-order valence-corrected chi connectivity index (χ3v) is 4.02. The molecule has 5 heteroatoms. The van der Waals surface area contributed by atoms with Gasteiger partial charge in [0.25, 0.3) is 0 Å². The molecule has 0 fully saturated rings. The van der Waals surface area contributed by atoms with Crippen molar-refractivity contribution in [1.29, 1.82) is 0 Å². The highest BCUT2D eigenvalue weighted by Crippen LogP contribution is 2.31. The average Bonchev–Trinajstić information content (AvgIpc) is 2.64. The fourth-order valence-electron chi connectivity index (χ4n) is 2.81. The number of ether oxygens (including phenoxy) is 4. The predicted octanol–water partition coefficient (Wildman–Crippen LogP) is 2.68. The molecule has 0 amide bonds. The van der Waals surface area contributed by atoms with Crippen molar-refractivity contribution in [2.45, 2.75) is 12.5 Å². The Hall–Kier alpha value is -2.40. The van der Waals surface area contributed by atoms with Crippen molar-refractivity contribution in [2.24, 2.45) is 0 Å². The molecule has 0 saturated carbocycles. The molecule has 128 valence electrons. The summed E-state index contributed by atoms with van der Waals surface area (Å²) in [5.74, 6) is 3.32. The Morgan fingerprint density at radius 2 is 1.71 bits per heavy atom. The lowest BCUT2D eigenvalue weighted by molar-refractivity contribution is 0.0906. The highest BCUT2D eigenvalue weighted by atomic mass is 16.6. The summed E-state index contributed by atoms with van der Waals surface area (Å²) in [7, 11) is 3.35. The maximum absolute atomic E-state index is 5.94. The second-order valence-electron chi connectivity index (χ2n) is 5.59. The first-order valence-corrected chi connectivity index (χ1v) is 8.11. The summed E-state index contributed by atoms with van der Waals surface area (Å²) in [6, 6.07) is 13.6. The van der Waals surface area contributed by atoms with E-state index in [0.717, 1.165) is 48.1 Å². The molecular formula is C19H23NO4. The van der Waals surface area contributed by atoms with Crippen molar-refractivity contribution in [3.05, 3.63) is 48.0 Å². The summed E-state index contributed by atoms with van der Waals surface area (Å²) in [6.07, 6.45) is 0.830. The first-order valence-electron chi connectivity index (χ1n) is 8.11. The van der Waals surface area contributed by atoms with Crippen LogP contribution in [0.25, 0.3) is 0 Å². The van der Waals surface area contributed by atoms with Crippen molar-refractivity contribution >= 4 is 0 Å². The van der Waals surface area contributed by atoms with E-state index < -0.39 is 0 Å². The zero-order chi connectivity index (χ0) is 16.8. The SMILES string of the molecule is COc1cccc(OC)c1CCNCC1COc2ccccc2O1. The second-order valence-corrected chi connectivity index (χ2v) is 5.59. The summed E-state index contributed by atoms with van der Waals surface area (Å²) in [5, 5.41) is 3.42. The highest BCUT2D eigenvalue weighted by Gasteiger charge is 2.20. The molecule has 1 heterocycles. The van der Waals surface area contributed by atoms with Gasteiger partial charge in [0.15, 0.2) is 11.5 Å². The Balaban J connectivity index is 1.50. The zero-order valence-corrected chi connectivity index (χ0v) is 14.1. The number of benzene rings is 2. The standard InChI is InChI=1S/C19H23NO4/c1-21-16-8-5-9-17(22-2)15(16)10-11-20-12-14-13-23-18-6-3-4-7-19(18)24-14/h3-9,14,20H,10-13H2,1-2H3. The molecule has 0 aliphatic carbocycles. The Bertz CT molecular complexity index is 652. The molecule has 1 atom stereocenters. The van der Waals surface area contributed by atoms with Crippen molar-refractivity contribution in [1.82, 2.24) is 5.32 Å². The van der Waals surface area contributed by atoms with Gasteiger partial charge >= 0.3 is 0 Å². The fourth-order valence-corrected chi connectivity index (χ4v) is 2.81. The van der Waals surface area contributed by atoms with Gasteiger partial charge in [0, 0.05) is 12.1 Å². The van der Waals surface area contributed by atoms with Crippen LogP contribution in [0.5, 0.6) is 23.0 Å². The van der Waals surface area contributed by atoms with E-state index in [1.54, 1.807) is 14.2 Å². The van der Waals surface area contributed by atoms with Gasteiger partial charge in [0.05, 0.1) is 14.2 Å². The Kier molecular flexibility index (Phi) is 5.43. The van der Waals surface area contributed by atoms with Crippen LogP contribution in [0.1, 0.15) is 5.56 Å². The molecule has 1 unspecified atom stereocenters. The van der Waals surface area contributed by atoms with Gasteiger partial charge in [-0.2, -0.15) is 0 Å². The molecule has 5 nitrogen and oxygen atoms in total. The quantitative estimate of drug-likeness (QED) is 0.792. The van der Waals surface area contributed by atoms with Crippen LogP contribution in [-0.4, -0.2) is 40.0 Å². The van der Waals surface area contributed by atoms with Gasteiger partial charge in [0.1, 0.15) is 24.2 Å². The third-order valence-electron chi connectivity index (χ3n) is 4.02. The molecule has 0 saturated heterocycles. The lowest BCUT2D eigenvalue weighted by Crippen LogP contribution is -2.39. The minimum atomic E-state index is 0.0134. The van der Waals surface area contributed by atoms with Gasteiger partial charge in [-0.15, -0.1) is 0 Å². The largest absolute Gasteiger partial charge is 0.496 e. The molecule has 0 bridgehead atoms. The molecule has 2 aromatic rings. The number of methoxy groups -OCH3 is 2. The smallest absolute Gasteiger partial charge is 0.161 e. The van der Waals surface area contributed by atoms with Gasteiger partial charge in [-0.1, -0.05) is 18.2 Å². The predicted molar refractivity (Wildman–Crippen MR) is 92.5 cm³/mol. The third kappa shape index (κ3) is 3.74. The van der Waals surface area contributed by atoms with Crippen molar-refractivity contribution in [3.8, 4) is 23.0 Å². The molecule has 1 aliphatic rings. The number of hydrogen-bond acceptors (Lipinski definition) is 5. The van der Waals surface area contributed by atoms with Crippen LogP contribution in [0.3, 0.4) is 0 Å². The molecule has 0 radical (unpaired) electrons. The van der Waals surface area contributed by atoms with E-state index in [1.165, 1.54) is 0 Å². The summed E-state index contributed by atoms with van der Waals surface area (Å²) in [5.41, 5.74) is 1.07. The number of fused-ring (bicyclic) bond motifs is 1. The van der Waals surface area contributed by atoms with Crippen molar-refractivity contribution in [2.75, 3.05) is 33.9 Å². The minimum Gasteiger partial charge on any atom is -0.496 e. The topological polar surface area (TPSA) is 49.0 Å². The number of rotatable bonds is 7. The van der Waals surface area contributed by atoms with Gasteiger partial charge < -0.3 is 24.3 Å². The lowest BCUT2D eigenvalue weighted by atomic mass is 10.1. The van der Waals surface area contributed by atoms with E-state index >= 15 is 0 Å². The minimum absolute atomic E-state index is 0.0134. The fraction of sp³-hybridized carbons (Fsp3) is 0.368. The van der Waals surface area contributed by atoms with Gasteiger partial charge in [-0.25, -0.2) is 0 Å². The number of nitrogens with one attached hydrogen (secondary N) is 1. The molecule has 1 aliphatic heterocycles. The lowest BCUT2D eigenvalue weighted by Gasteiger charge is -2.26. The summed E-state index contributed by atoms with van der Waals surface area (Å²) in [6.45, 7) is 2.09. The van der Waals surface area contributed by atoms with Gasteiger partial charge in [0.2, 0.25) is 0 Å². The van der Waals surface area contributed by atoms with Crippen LogP contribution in [0.15, 0.2) is 42.5 Å². The number of hydrogen-bond donors (Lipinski definition) is 1. The summed E-state index contributed by atoms with van der Waals surface area (Å²) < 4.78 is 22.5. The molecule has 24 heavy (non-hydrogen) atoms. The van der Waals surface area contributed by atoms with Crippen LogP contribution in [0.4, 0.5) is 0 Å². The normalized spacial score (nSPS) is 15.8. The molecular weight excluding hydrogens is 306 g/mol. The molecule has 2 aromatic carbocycles. The van der Waals surface area contributed by atoms with Crippen LogP contribution in [-0.2, 0) is 6.42 Å². The van der Waals surface area contributed by atoms with Crippen molar-refractivity contribution in [3.63, 3.8) is 0 Å². The average molecular weight is 329 g/mol. The molecule has 0 spiro atoms. The van der Waals surface area contributed by atoms with E-state index in [1.807, 2.05) is 42.5 Å². The van der Waals surface area contributed by atoms with Crippen LogP contribution < -0.4 is 24.3 Å². The first kappa shape index (κ1) is 16.5.